The van der Waals surface area contributed by atoms with Crippen LogP contribution in [0.25, 0.3) is 0 Å². The summed E-state index contributed by atoms with van der Waals surface area (Å²) < 4.78 is 40.6. The lowest BCUT2D eigenvalue weighted by Crippen LogP contribution is -2.50. The molecular weight excluding hydrogens is 469 g/mol. The number of amides is 2. The Bertz CT molecular complexity index is 1160. The molecule has 0 atom stereocenters. The molecule has 0 radical (unpaired) electrons. The Hall–Kier alpha value is -2.49. The first kappa shape index (κ1) is 25.1. The highest BCUT2D eigenvalue weighted by Gasteiger charge is 2.29. The largest absolute Gasteiger partial charge is 0.335 e. The van der Waals surface area contributed by atoms with Crippen LogP contribution in [-0.4, -0.2) is 73.6 Å². The van der Waals surface area contributed by atoms with Gasteiger partial charge < -0.3 is 9.80 Å². The molecule has 0 unspecified atom stereocenters. The van der Waals surface area contributed by atoms with Gasteiger partial charge in [-0.05, 0) is 42.8 Å². The fraction of sp³-hybridized carbons (Fsp3) is 0.391. The van der Waals surface area contributed by atoms with Gasteiger partial charge in [0.15, 0.2) is 0 Å². The quantitative estimate of drug-likeness (QED) is 0.615. The van der Waals surface area contributed by atoms with Crippen molar-refractivity contribution in [2.75, 3.05) is 39.3 Å². The second-order valence-electron chi connectivity index (χ2n) is 7.78. The Morgan fingerprint density at radius 1 is 0.970 bits per heavy atom. The lowest BCUT2D eigenvalue weighted by atomic mass is 10.1. The van der Waals surface area contributed by atoms with E-state index in [1.165, 1.54) is 22.5 Å². The summed E-state index contributed by atoms with van der Waals surface area (Å²) in [7, 11) is -3.71. The monoisotopic (exact) mass is 495 g/mol. The van der Waals surface area contributed by atoms with Crippen molar-refractivity contribution in [3.8, 4) is 0 Å². The predicted octanol–water partition coefficient (Wildman–Crippen LogP) is 3.42. The molecule has 33 heavy (non-hydrogen) atoms. The molecule has 178 valence electrons. The van der Waals surface area contributed by atoms with Gasteiger partial charge in [-0.1, -0.05) is 31.5 Å². The lowest BCUT2D eigenvalue weighted by molar-refractivity contribution is 0.0535. The number of nitrogens with zero attached hydrogens (tertiary/aromatic N) is 3. The number of hydrogen-bond donors (Lipinski definition) is 0. The minimum atomic E-state index is -3.71. The molecule has 3 rings (SSSR count). The third kappa shape index (κ3) is 5.20. The fourth-order valence-electron chi connectivity index (χ4n) is 3.84. The number of halogens is 2. The molecule has 1 saturated heterocycles. The predicted molar refractivity (Wildman–Crippen MR) is 125 cm³/mol. The van der Waals surface area contributed by atoms with Gasteiger partial charge in [0.1, 0.15) is 5.82 Å². The van der Waals surface area contributed by atoms with E-state index in [0.717, 1.165) is 6.07 Å². The van der Waals surface area contributed by atoms with Gasteiger partial charge in [-0.3, -0.25) is 9.59 Å². The summed E-state index contributed by atoms with van der Waals surface area (Å²) in [5.41, 5.74) is 1.07. The number of rotatable bonds is 6. The van der Waals surface area contributed by atoms with Gasteiger partial charge in [0, 0.05) is 44.8 Å². The molecule has 1 aliphatic rings. The fourth-order valence-corrected chi connectivity index (χ4v) is 5.80. The van der Waals surface area contributed by atoms with Gasteiger partial charge in [-0.15, -0.1) is 0 Å². The van der Waals surface area contributed by atoms with Crippen molar-refractivity contribution < 1.29 is 22.4 Å². The molecule has 1 fully saturated rings. The second kappa shape index (κ2) is 10.2. The lowest BCUT2D eigenvalue weighted by Gasteiger charge is -2.35. The van der Waals surface area contributed by atoms with E-state index in [4.69, 9.17) is 11.6 Å². The number of piperazine rings is 1. The summed E-state index contributed by atoms with van der Waals surface area (Å²) in [6.45, 7) is 7.06. The van der Waals surface area contributed by atoms with Crippen molar-refractivity contribution in [1.29, 1.82) is 0 Å². The molecule has 0 bridgehead atoms. The van der Waals surface area contributed by atoms with Crippen molar-refractivity contribution in [3.05, 3.63) is 63.9 Å². The van der Waals surface area contributed by atoms with Crippen LogP contribution in [0.4, 0.5) is 4.39 Å². The molecule has 1 heterocycles. The number of carbonyl (C=O) groups excluding carboxylic acids is 2. The van der Waals surface area contributed by atoms with Gasteiger partial charge in [0.2, 0.25) is 10.0 Å². The molecule has 7 nitrogen and oxygen atoms in total. The van der Waals surface area contributed by atoms with Crippen LogP contribution in [0, 0.1) is 12.7 Å². The standard InChI is InChI=1S/C23H27ClFN3O4S/c1-4-28(5-2)33(31,32)21-14-17(7-6-16(21)3)22(29)26-10-12-27(13-11-26)23(30)19-9-8-18(25)15-20(19)24/h6-9,14-15H,4-5,10-13H2,1-3H3. The normalized spacial score (nSPS) is 14.6. The van der Waals surface area contributed by atoms with Crippen LogP contribution in [0.15, 0.2) is 41.3 Å². The van der Waals surface area contributed by atoms with Crippen molar-refractivity contribution in [2.24, 2.45) is 0 Å². The average molecular weight is 496 g/mol. The van der Waals surface area contributed by atoms with E-state index in [1.807, 2.05) is 0 Å². The van der Waals surface area contributed by atoms with Gasteiger partial charge in [0.25, 0.3) is 11.8 Å². The van der Waals surface area contributed by atoms with Gasteiger partial charge >= 0.3 is 0 Å². The van der Waals surface area contributed by atoms with Crippen molar-refractivity contribution in [3.63, 3.8) is 0 Å². The van der Waals surface area contributed by atoms with Crippen molar-refractivity contribution in [1.82, 2.24) is 14.1 Å². The zero-order valence-corrected chi connectivity index (χ0v) is 20.4. The minimum Gasteiger partial charge on any atom is -0.335 e. The molecule has 0 spiro atoms. The minimum absolute atomic E-state index is 0.0418. The second-order valence-corrected chi connectivity index (χ2v) is 10.1. The first-order chi connectivity index (χ1) is 15.6. The SMILES string of the molecule is CCN(CC)S(=O)(=O)c1cc(C(=O)N2CCN(C(=O)c3ccc(F)cc3Cl)CC2)ccc1C. The number of aryl methyl sites for hydroxylation is 1. The molecule has 0 saturated carbocycles. The third-order valence-corrected chi connectivity index (χ3v) is 8.28. The van der Waals surface area contributed by atoms with Crippen molar-refractivity contribution in [2.45, 2.75) is 25.7 Å². The number of benzene rings is 2. The van der Waals surface area contributed by atoms with Crippen molar-refractivity contribution >= 4 is 33.4 Å². The molecule has 2 aromatic carbocycles. The molecule has 1 aliphatic heterocycles. The topological polar surface area (TPSA) is 78.0 Å². The number of hydrogen-bond acceptors (Lipinski definition) is 4. The Labute approximate surface area is 198 Å². The summed E-state index contributed by atoms with van der Waals surface area (Å²) >= 11 is 6.01. The van der Waals surface area contributed by atoms with Gasteiger partial charge in [0.05, 0.1) is 15.5 Å². The molecule has 0 N–H and O–H groups in total. The van der Waals surface area contributed by atoms with Crippen LogP contribution < -0.4 is 0 Å². The van der Waals surface area contributed by atoms with Gasteiger partial charge in [-0.25, -0.2) is 12.8 Å². The smallest absolute Gasteiger partial charge is 0.255 e. The summed E-state index contributed by atoms with van der Waals surface area (Å²) in [6, 6.07) is 8.31. The van der Waals surface area contributed by atoms with Crippen LogP contribution in [-0.2, 0) is 10.0 Å². The number of sulfonamides is 1. The van der Waals surface area contributed by atoms with Crippen LogP contribution in [0.5, 0.6) is 0 Å². The Morgan fingerprint density at radius 2 is 1.55 bits per heavy atom. The maximum Gasteiger partial charge on any atom is 0.255 e. The van der Waals surface area contributed by atoms with E-state index in [2.05, 4.69) is 0 Å². The van der Waals surface area contributed by atoms with Crippen LogP contribution in [0.1, 0.15) is 40.1 Å². The van der Waals surface area contributed by atoms with E-state index in [1.54, 1.807) is 42.7 Å². The molecule has 0 aromatic heterocycles. The summed E-state index contributed by atoms with van der Waals surface area (Å²) in [4.78, 5) is 29.1. The Morgan fingerprint density at radius 3 is 2.09 bits per heavy atom. The van der Waals surface area contributed by atoms with Gasteiger partial charge in [-0.2, -0.15) is 4.31 Å². The third-order valence-electron chi connectivity index (χ3n) is 5.77. The molecule has 2 amide bonds. The first-order valence-corrected chi connectivity index (χ1v) is 12.6. The van der Waals surface area contributed by atoms with E-state index in [0.29, 0.717) is 18.7 Å². The summed E-state index contributed by atoms with van der Waals surface area (Å²) in [6.07, 6.45) is 0. The van der Waals surface area contributed by atoms with E-state index >= 15 is 0 Å². The highest BCUT2D eigenvalue weighted by atomic mass is 35.5. The molecule has 0 aliphatic carbocycles. The van der Waals surface area contributed by atoms with E-state index in [-0.39, 0.29) is 59.0 Å². The Balaban J connectivity index is 1.74. The summed E-state index contributed by atoms with van der Waals surface area (Å²) in [5.74, 6) is -1.14. The maximum absolute atomic E-state index is 13.3. The van der Waals surface area contributed by atoms with Crippen LogP contribution in [0.3, 0.4) is 0 Å². The van der Waals surface area contributed by atoms with E-state index in [9.17, 15) is 22.4 Å². The highest BCUT2D eigenvalue weighted by molar-refractivity contribution is 7.89. The zero-order valence-electron chi connectivity index (χ0n) is 18.8. The summed E-state index contributed by atoms with van der Waals surface area (Å²) in [5, 5.41) is 0.0418. The Kier molecular flexibility index (Phi) is 7.76. The maximum atomic E-state index is 13.3. The van der Waals surface area contributed by atoms with Crippen LogP contribution >= 0.6 is 11.6 Å². The van der Waals surface area contributed by atoms with Crippen LogP contribution in [0.2, 0.25) is 5.02 Å². The number of carbonyl (C=O) groups is 2. The highest BCUT2D eigenvalue weighted by Crippen LogP contribution is 2.23. The molecule has 10 heteroatoms. The molecular formula is C23H27ClFN3O4S. The first-order valence-electron chi connectivity index (χ1n) is 10.7. The molecule has 2 aromatic rings. The van der Waals surface area contributed by atoms with E-state index < -0.39 is 15.8 Å². The zero-order chi connectivity index (χ0) is 24.3. The average Bonchev–Trinajstić information content (AvgIpc) is 2.79.